The van der Waals surface area contributed by atoms with Gasteiger partial charge in [0.15, 0.2) is 28.9 Å². The number of Topliss-reactive ketones (excluding diaryl/α,β-unsaturated/α-hetero) is 4. The summed E-state index contributed by atoms with van der Waals surface area (Å²) in [6.45, 7) is 0. The highest BCUT2D eigenvalue weighted by atomic mass is 32.1. The molecular formula is C40H18N4O5S3. The van der Waals surface area contributed by atoms with Crippen LogP contribution in [-0.2, 0) is 5.60 Å². The van der Waals surface area contributed by atoms with Gasteiger partial charge >= 0.3 is 0 Å². The highest BCUT2D eigenvalue weighted by Gasteiger charge is 2.45. The van der Waals surface area contributed by atoms with Gasteiger partial charge in [0.05, 0.1) is 52.6 Å². The molecule has 1 spiro atoms. The van der Waals surface area contributed by atoms with E-state index < -0.39 is 28.7 Å². The molecule has 4 aliphatic rings. The van der Waals surface area contributed by atoms with Crippen LogP contribution in [0.5, 0.6) is 5.75 Å². The summed E-state index contributed by atoms with van der Waals surface area (Å²) in [5.74, 6) is -1.19. The van der Waals surface area contributed by atoms with Crippen molar-refractivity contribution >= 4 is 78.7 Å². The number of ketones is 4. The molecule has 0 N–H and O–H groups in total. The van der Waals surface area contributed by atoms with Crippen LogP contribution in [0.1, 0.15) is 111 Å². The van der Waals surface area contributed by atoms with Crippen molar-refractivity contribution in [2.45, 2.75) is 37.7 Å². The van der Waals surface area contributed by atoms with Crippen molar-refractivity contribution in [3.05, 3.63) is 107 Å². The number of benzene rings is 2. The summed E-state index contributed by atoms with van der Waals surface area (Å²) in [6, 6.07) is 16.9. The van der Waals surface area contributed by atoms with E-state index in [1.807, 2.05) is 36.4 Å². The molecule has 246 valence electrons. The van der Waals surface area contributed by atoms with Crippen molar-refractivity contribution in [3.63, 3.8) is 0 Å². The van der Waals surface area contributed by atoms with Crippen LogP contribution < -0.4 is 4.74 Å². The zero-order chi connectivity index (χ0) is 36.1. The number of nitrogens with zero attached hydrogens (tertiary/aromatic N) is 4. The summed E-state index contributed by atoms with van der Waals surface area (Å²) in [4.78, 5) is 56.9. The SMILES string of the molecule is N#Cc1cc2c(cc1C#N)C(=O)C(=Cc1cc3c(s1)-c1sc4cc(C=C5C(=O)c6cc(C#N)c(C#N)cc6C5=O)sc4c1OC31CCCCC1)C2=O. The fourth-order valence-electron chi connectivity index (χ4n) is 7.59. The molecule has 3 aromatic heterocycles. The summed E-state index contributed by atoms with van der Waals surface area (Å²) in [6.07, 6.45) is 7.78. The van der Waals surface area contributed by atoms with E-state index in [1.165, 1.54) is 58.3 Å². The summed E-state index contributed by atoms with van der Waals surface area (Å²) in [7, 11) is 0. The predicted octanol–water partition coefficient (Wildman–Crippen LogP) is 8.66. The first-order valence-corrected chi connectivity index (χ1v) is 18.6. The van der Waals surface area contributed by atoms with E-state index in [4.69, 9.17) is 4.74 Å². The molecule has 12 heteroatoms. The molecule has 0 bridgehead atoms. The second kappa shape index (κ2) is 11.4. The Labute approximate surface area is 307 Å². The van der Waals surface area contributed by atoms with E-state index >= 15 is 0 Å². The topological polar surface area (TPSA) is 173 Å². The average molecular weight is 731 g/mol. The zero-order valence-corrected chi connectivity index (χ0v) is 29.2. The first-order valence-electron chi connectivity index (χ1n) is 16.2. The zero-order valence-electron chi connectivity index (χ0n) is 26.7. The molecule has 1 aliphatic heterocycles. The third kappa shape index (κ3) is 4.40. The fraction of sp³-hybridized carbons (Fsp3) is 0.150. The minimum absolute atomic E-state index is 0.0119. The second-order valence-electron chi connectivity index (χ2n) is 12.9. The number of nitriles is 4. The Balaban J connectivity index is 1.11. The van der Waals surface area contributed by atoms with Gasteiger partial charge in [-0.15, -0.1) is 34.0 Å². The second-order valence-corrected chi connectivity index (χ2v) is 16.1. The Bertz CT molecular complexity index is 2720. The third-order valence-electron chi connectivity index (χ3n) is 10.1. The van der Waals surface area contributed by atoms with Gasteiger partial charge in [-0.3, -0.25) is 19.2 Å². The Kier molecular flexibility index (Phi) is 6.93. The molecular weight excluding hydrogens is 713 g/mol. The van der Waals surface area contributed by atoms with Gasteiger partial charge in [0.1, 0.15) is 29.9 Å². The average Bonchev–Trinajstić information content (AvgIpc) is 3.95. The predicted molar refractivity (Wildman–Crippen MR) is 193 cm³/mol. The van der Waals surface area contributed by atoms with E-state index in [9.17, 15) is 40.2 Å². The van der Waals surface area contributed by atoms with Crippen molar-refractivity contribution < 1.29 is 23.9 Å². The minimum Gasteiger partial charge on any atom is -0.479 e. The van der Waals surface area contributed by atoms with E-state index in [0.717, 1.165) is 67.4 Å². The van der Waals surface area contributed by atoms with E-state index in [1.54, 1.807) is 12.2 Å². The fourth-order valence-corrected chi connectivity index (χ4v) is 11.4. The molecule has 52 heavy (non-hydrogen) atoms. The molecule has 1 fully saturated rings. The molecule has 0 unspecified atom stereocenters. The number of ether oxygens (including phenoxy) is 1. The van der Waals surface area contributed by atoms with E-state index in [-0.39, 0.29) is 55.7 Å². The largest absolute Gasteiger partial charge is 0.479 e. The number of hydrogen-bond donors (Lipinski definition) is 0. The maximum atomic E-state index is 13.4. The summed E-state index contributed by atoms with van der Waals surface area (Å²) in [5, 5.41) is 37.8. The normalized spacial score (nSPS) is 16.4. The molecule has 4 heterocycles. The number of carbonyl (C=O) groups is 4. The smallest absolute Gasteiger partial charge is 0.197 e. The van der Waals surface area contributed by atoms with Crippen LogP contribution in [0.25, 0.3) is 31.3 Å². The molecule has 2 aromatic carbocycles. The van der Waals surface area contributed by atoms with Crippen LogP contribution in [0.4, 0.5) is 0 Å². The van der Waals surface area contributed by atoms with Crippen LogP contribution in [0.3, 0.4) is 0 Å². The van der Waals surface area contributed by atoms with Gasteiger partial charge in [0, 0.05) is 37.6 Å². The number of allylic oxidation sites excluding steroid dienone is 2. The summed E-state index contributed by atoms with van der Waals surface area (Å²) >= 11 is 4.43. The van der Waals surface area contributed by atoms with Crippen LogP contribution in [0.15, 0.2) is 47.5 Å². The van der Waals surface area contributed by atoms with Crippen LogP contribution >= 0.6 is 34.0 Å². The highest BCUT2D eigenvalue weighted by Crippen LogP contribution is 2.60. The van der Waals surface area contributed by atoms with Crippen molar-refractivity contribution in [3.8, 4) is 39.8 Å². The monoisotopic (exact) mass is 730 g/mol. The first kappa shape index (κ1) is 31.7. The van der Waals surface area contributed by atoms with Crippen LogP contribution in [0.2, 0.25) is 0 Å². The molecule has 5 aromatic rings. The number of fused-ring (bicyclic) bond motifs is 8. The van der Waals surface area contributed by atoms with Gasteiger partial charge in [0.25, 0.3) is 0 Å². The maximum Gasteiger partial charge on any atom is 0.197 e. The maximum absolute atomic E-state index is 13.4. The lowest BCUT2D eigenvalue weighted by Crippen LogP contribution is -2.37. The van der Waals surface area contributed by atoms with Gasteiger partial charge < -0.3 is 4.74 Å². The standard InChI is InChI=1S/C40H18N4O5S3/c41-14-18-6-24-25(7-19(18)15-42)33(46)28(32(24)45)10-22-12-30-37(50-22)39-36(49-40(30)4-2-1-3-5-40)38-31(52-39)13-23(51-38)11-29-34(47)26-8-20(16-43)21(17-44)9-27(26)35(29)48/h6-13H,1-5H2. The summed E-state index contributed by atoms with van der Waals surface area (Å²) in [5.41, 5.74) is 1.04. The number of carbonyl (C=O) groups excluding carboxylic acids is 4. The van der Waals surface area contributed by atoms with Crippen molar-refractivity contribution in [1.82, 2.24) is 0 Å². The van der Waals surface area contributed by atoms with Crippen molar-refractivity contribution in [1.29, 1.82) is 21.0 Å². The van der Waals surface area contributed by atoms with Gasteiger partial charge in [0.2, 0.25) is 0 Å². The molecule has 9 rings (SSSR count). The molecule has 0 radical (unpaired) electrons. The van der Waals surface area contributed by atoms with E-state index in [2.05, 4.69) is 0 Å². The third-order valence-corrected chi connectivity index (χ3v) is 13.7. The van der Waals surface area contributed by atoms with Gasteiger partial charge in [-0.2, -0.15) is 21.0 Å². The Morgan fingerprint density at radius 2 is 1.04 bits per heavy atom. The van der Waals surface area contributed by atoms with E-state index in [0.29, 0.717) is 4.88 Å². The molecule has 9 nitrogen and oxygen atoms in total. The number of thiophene rings is 3. The van der Waals surface area contributed by atoms with Crippen molar-refractivity contribution in [2.24, 2.45) is 0 Å². The molecule has 3 aliphatic carbocycles. The Hall–Kier alpha value is -6.28. The quantitative estimate of drug-likeness (QED) is 0.127. The molecule has 0 atom stereocenters. The van der Waals surface area contributed by atoms with Crippen LogP contribution in [0, 0.1) is 45.3 Å². The van der Waals surface area contributed by atoms with Gasteiger partial charge in [-0.1, -0.05) is 6.42 Å². The number of rotatable bonds is 2. The number of hydrogen-bond acceptors (Lipinski definition) is 12. The minimum atomic E-state index is -0.601. The van der Waals surface area contributed by atoms with Crippen LogP contribution in [-0.4, -0.2) is 23.1 Å². The Morgan fingerprint density at radius 3 is 1.50 bits per heavy atom. The van der Waals surface area contributed by atoms with Gasteiger partial charge in [-0.25, -0.2) is 0 Å². The molecule has 1 saturated carbocycles. The molecule has 0 amide bonds. The van der Waals surface area contributed by atoms with Gasteiger partial charge in [-0.05, 0) is 74.2 Å². The molecule has 0 saturated heterocycles. The lowest BCUT2D eigenvalue weighted by molar-refractivity contribution is 0.0267. The highest BCUT2D eigenvalue weighted by molar-refractivity contribution is 7.32. The first-order chi connectivity index (χ1) is 25.2. The Morgan fingerprint density at radius 1 is 0.577 bits per heavy atom. The van der Waals surface area contributed by atoms with Crippen molar-refractivity contribution in [2.75, 3.05) is 0 Å². The lowest BCUT2D eigenvalue weighted by atomic mass is 9.78. The lowest BCUT2D eigenvalue weighted by Gasteiger charge is -2.40. The summed E-state index contributed by atoms with van der Waals surface area (Å²) < 4.78 is 8.80.